The highest BCUT2D eigenvalue weighted by molar-refractivity contribution is 7.57. The fourth-order valence-corrected chi connectivity index (χ4v) is 16.4. The first-order valence-corrected chi connectivity index (χ1v) is 36.9. The van der Waals surface area contributed by atoms with Crippen LogP contribution in [0, 0.1) is 29.1 Å². The van der Waals surface area contributed by atoms with E-state index in [0.29, 0.717) is 23.7 Å². The van der Waals surface area contributed by atoms with Gasteiger partial charge in [-0.15, -0.1) is 0 Å². The van der Waals surface area contributed by atoms with Crippen molar-refractivity contribution in [3.63, 3.8) is 0 Å². The van der Waals surface area contributed by atoms with Gasteiger partial charge in [0.1, 0.15) is 12.2 Å². The van der Waals surface area contributed by atoms with E-state index in [9.17, 15) is 19.6 Å². The molecule has 0 spiro atoms. The smallest absolute Gasteiger partial charge is 0.100 e. The van der Waals surface area contributed by atoms with E-state index in [-0.39, 0.29) is 29.9 Å². The van der Waals surface area contributed by atoms with E-state index in [2.05, 4.69) is 88.4 Å². The Morgan fingerprint density at radius 2 is 0.649 bits per heavy atom. The second-order valence-corrected chi connectivity index (χ2v) is 29.5. The summed E-state index contributed by atoms with van der Waals surface area (Å²) in [7, 11) is -7.80. The first kappa shape index (κ1) is 68.6. The highest BCUT2D eigenvalue weighted by Crippen LogP contribution is 2.53. The van der Waals surface area contributed by atoms with Crippen molar-refractivity contribution in [3.05, 3.63) is 71.8 Å². The van der Waals surface area contributed by atoms with Gasteiger partial charge in [0.25, 0.3) is 0 Å². The van der Waals surface area contributed by atoms with Crippen LogP contribution >= 0.6 is 15.9 Å². The average molecular weight is 1110 g/mol. The molecule has 0 radical (unpaired) electrons. The molecule has 0 bridgehead atoms. The largest absolute Gasteiger partial charge is 0.659 e. The summed E-state index contributed by atoms with van der Waals surface area (Å²) in [6, 6.07) is 21.7. The Morgan fingerprint density at radius 3 is 0.961 bits per heavy atom. The molecule has 6 nitrogen and oxygen atoms in total. The molecule has 2 aromatic carbocycles. The highest BCUT2D eigenvalue weighted by Gasteiger charge is 2.42. The standard InChI is InChI=1S/C69H122O6P2/c1-5-7-9-11-13-19-29-41-63(43-31-23-17-15-21-27-39-61-45-33-25-34-46-61)49-37-59-76(70,71)74-67-55-51-65(52-56-67)69(3,4)66-53-57-68(58-54-66)75-77(72,73)60-38-50-64(42-30-20-14-12-10-8-6-2)44-32-24-18-16-22-28-40-62-47-35-26-36-48-62/h25-26,33-36,45-48,63-68H,5-24,27-32,37-44,49-60H2,1-4H3,(H,70,71)(H,72,73)/p-2. The van der Waals surface area contributed by atoms with Crippen LogP contribution in [0.4, 0.5) is 0 Å². The molecule has 2 saturated carbocycles. The van der Waals surface area contributed by atoms with E-state index in [1.165, 1.54) is 217 Å². The fraction of sp³-hybridized carbons (Fsp3) is 0.826. The van der Waals surface area contributed by atoms with Crippen molar-refractivity contribution in [2.45, 2.75) is 322 Å². The Labute approximate surface area is 477 Å². The normalized spacial score (nSPS) is 19.4. The van der Waals surface area contributed by atoms with Crippen molar-refractivity contribution in [1.29, 1.82) is 0 Å². The van der Waals surface area contributed by atoms with Crippen molar-refractivity contribution in [2.75, 3.05) is 12.3 Å². The predicted molar refractivity (Wildman–Crippen MR) is 327 cm³/mol. The van der Waals surface area contributed by atoms with Gasteiger partial charge < -0.3 is 19.6 Å². The molecule has 0 heterocycles. The van der Waals surface area contributed by atoms with Gasteiger partial charge in [0.15, 0.2) is 0 Å². The number of hydrogen-bond acceptors (Lipinski definition) is 6. The minimum atomic E-state index is -3.90. The van der Waals surface area contributed by atoms with Crippen LogP contribution in [0.1, 0.15) is 308 Å². The lowest BCUT2D eigenvalue weighted by molar-refractivity contribution is -0.341. The Hall–Kier alpha value is -0.940. The molecule has 8 heteroatoms. The van der Waals surface area contributed by atoms with Gasteiger partial charge in [0.05, 0.1) is 12.3 Å². The zero-order valence-corrected chi connectivity index (χ0v) is 52.4. The van der Waals surface area contributed by atoms with Crippen LogP contribution in [0.25, 0.3) is 0 Å². The summed E-state index contributed by atoms with van der Waals surface area (Å²) in [6.07, 6.45) is 51.9. The lowest BCUT2D eigenvalue weighted by atomic mass is 9.60. The Bertz CT molecular complexity index is 1520. The van der Waals surface area contributed by atoms with Gasteiger partial charge in [-0.3, -0.25) is 0 Å². The first-order valence-electron chi connectivity index (χ1n) is 33.4. The van der Waals surface area contributed by atoms with Crippen molar-refractivity contribution in [3.8, 4) is 0 Å². The monoisotopic (exact) mass is 1110 g/mol. The molecule has 0 N–H and O–H groups in total. The summed E-state index contributed by atoms with van der Waals surface area (Å²) in [4.78, 5) is 53.7. The Morgan fingerprint density at radius 1 is 0.377 bits per heavy atom. The molecule has 2 unspecified atom stereocenters. The van der Waals surface area contributed by atoms with Gasteiger partial charge in [-0.1, -0.05) is 268 Å². The van der Waals surface area contributed by atoms with Crippen LogP contribution in [-0.2, 0) is 21.9 Å². The summed E-state index contributed by atoms with van der Waals surface area (Å²) in [5.41, 5.74) is 3.01. The maximum atomic E-state index is 13.4. The minimum absolute atomic E-state index is 0.109. The molecule has 2 fully saturated rings. The predicted octanol–water partition coefficient (Wildman–Crippen LogP) is 19.2. The van der Waals surface area contributed by atoms with Gasteiger partial charge in [-0.05, 0) is 143 Å². The average Bonchev–Trinajstić information content (AvgIpc) is 3.42. The van der Waals surface area contributed by atoms with Gasteiger partial charge in [-0.25, -0.2) is 9.05 Å². The van der Waals surface area contributed by atoms with Crippen LogP contribution in [0.3, 0.4) is 0 Å². The molecule has 0 saturated heterocycles. The SMILES string of the molecule is CCCCCCCCCC(CCCCCCCCc1ccccc1)CCC[P+]([O-])([O-])OC1CCC(C(C)(C)C2CCC(O[P+]([O-])([O-])CCCC(CCCCCCCCC)CCCCCCCCc3ccccc3)CC2)CC1. The second-order valence-electron chi connectivity index (χ2n) is 25.8. The van der Waals surface area contributed by atoms with E-state index < -0.39 is 15.9 Å². The molecular weight excluding hydrogens is 987 g/mol. The van der Waals surface area contributed by atoms with Crippen LogP contribution in [0.15, 0.2) is 60.7 Å². The molecule has 2 atom stereocenters. The highest BCUT2D eigenvalue weighted by atomic mass is 31.2. The molecule has 2 aromatic rings. The molecule has 4 rings (SSSR count). The minimum Gasteiger partial charge on any atom is -0.659 e. The number of aryl methyl sites for hydroxylation is 2. The zero-order valence-electron chi connectivity index (χ0n) is 50.6. The van der Waals surface area contributed by atoms with Gasteiger partial charge in [0.2, 0.25) is 0 Å². The summed E-state index contributed by atoms with van der Waals surface area (Å²) < 4.78 is 12.0. The molecule has 0 aliphatic heterocycles. The number of benzene rings is 2. The molecule has 2 aliphatic carbocycles. The maximum absolute atomic E-state index is 13.4. The van der Waals surface area contributed by atoms with E-state index in [1.807, 2.05) is 0 Å². The van der Waals surface area contributed by atoms with Crippen LogP contribution in [-0.4, -0.2) is 24.5 Å². The first-order chi connectivity index (χ1) is 37.4. The molecular formula is C69H120O6P2-2. The number of rotatable bonds is 48. The molecule has 0 aromatic heterocycles. The Kier molecular flexibility index (Phi) is 37.4. The molecule has 2 aliphatic rings. The summed E-state index contributed by atoms with van der Waals surface area (Å²) in [6.45, 7) is 9.38. The second kappa shape index (κ2) is 42.0. The van der Waals surface area contributed by atoms with Crippen molar-refractivity contribution in [1.82, 2.24) is 0 Å². The lowest BCUT2D eigenvalue weighted by Gasteiger charge is -2.48. The topological polar surface area (TPSA) is 111 Å². The summed E-state index contributed by atoms with van der Waals surface area (Å²) in [5, 5.41) is 0. The lowest BCUT2D eigenvalue weighted by Crippen LogP contribution is -2.40. The van der Waals surface area contributed by atoms with Crippen molar-refractivity contribution >= 4 is 15.9 Å². The van der Waals surface area contributed by atoms with E-state index >= 15 is 0 Å². The fourth-order valence-electron chi connectivity index (χ4n) is 13.7. The van der Waals surface area contributed by atoms with Gasteiger partial charge in [0, 0.05) is 15.9 Å². The van der Waals surface area contributed by atoms with Crippen LogP contribution in [0.2, 0.25) is 0 Å². The zero-order chi connectivity index (χ0) is 55.1. The van der Waals surface area contributed by atoms with Crippen molar-refractivity contribution in [2.24, 2.45) is 29.1 Å². The number of unbranched alkanes of at least 4 members (excludes halogenated alkanes) is 22. The van der Waals surface area contributed by atoms with Crippen LogP contribution in [0.5, 0.6) is 0 Å². The van der Waals surface area contributed by atoms with Gasteiger partial charge in [-0.2, -0.15) is 0 Å². The Balaban J connectivity index is 1.10. The van der Waals surface area contributed by atoms with E-state index in [1.54, 1.807) is 0 Å². The van der Waals surface area contributed by atoms with E-state index in [0.717, 1.165) is 77.0 Å². The molecule has 77 heavy (non-hydrogen) atoms. The third kappa shape index (κ3) is 32.5. The van der Waals surface area contributed by atoms with Crippen molar-refractivity contribution < 1.29 is 28.6 Å². The third-order valence-electron chi connectivity index (χ3n) is 18.9. The summed E-state index contributed by atoms with van der Waals surface area (Å²) >= 11 is 0. The molecule has 444 valence electrons. The third-order valence-corrected chi connectivity index (χ3v) is 21.9. The number of hydrogen-bond donors (Lipinski definition) is 0. The summed E-state index contributed by atoms with van der Waals surface area (Å²) in [5.74, 6) is 2.27. The quantitative estimate of drug-likeness (QED) is 0.0482. The van der Waals surface area contributed by atoms with Crippen LogP contribution < -0.4 is 19.6 Å². The van der Waals surface area contributed by atoms with E-state index in [4.69, 9.17) is 9.05 Å². The maximum Gasteiger partial charge on any atom is 0.100 e. The molecule has 0 amide bonds. The van der Waals surface area contributed by atoms with Gasteiger partial charge >= 0.3 is 0 Å².